The Morgan fingerprint density at radius 2 is 1.77 bits per heavy atom. The van der Waals surface area contributed by atoms with Crippen molar-refractivity contribution in [1.82, 2.24) is 14.9 Å². The SMILES string of the molecule is Cc1ccc(C(=O)N2CCc3nc(NC(=O)c4ccc(C(C)(C)C)cc4)ncc3C2)cc1[N+](=O)[O-]. The van der Waals surface area contributed by atoms with Gasteiger partial charge in [-0.2, -0.15) is 0 Å². The van der Waals surface area contributed by atoms with Crippen LogP contribution in [0, 0.1) is 17.0 Å². The van der Waals surface area contributed by atoms with E-state index in [1.54, 1.807) is 42.3 Å². The third-order valence-corrected chi connectivity index (χ3v) is 6.11. The molecule has 2 heterocycles. The number of carbonyl (C=O) groups excluding carboxylic acids is 2. The molecule has 1 aromatic heterocycles. The summed E-state index contributed by atoms with van der Waals surface area (Å²) in [6, 6.07) is 12.0. The van der Waals surface area contributed by atoms with Crippen molar-refractivity contribution in [3.63, 3.8) is 0 Å². The Morgan fingerprint density at radius 1 is 1.09 bits per heavy atom. The second-order valence-corrected chi connectivity index (χ2v) is 9.68. The number of nitrogens with one attached hydrogen (secondary N) is 1. The lowest BCUT2D eigenvalue weighted by molar-refractivity contribution is -0.385. The molecule has 2 amide bonds. The van der Waals surface area contributed by atoms with Crippen molar-refractivity contribution in [2.24, 2.45) is 0 Å². The highest BCUT2D eigenvalue weighted by Crippen LogP contribution is 2.24. The van der Waals surface area contributed by atoms with E-state index >= 15 is 0 Å². The first-order valence-corrected chi connectivity index (χ1v) is 11.3. The molecular formula is C26H27N5O4. The number of amides is 2. The van der Waals surface area contributed by atoms with Crippen LogP contribution in [0.15, 0.2) is 48.7 Å². The quantitative estimate of drug-likeness (QED) is 0.442. The molecule has 0 saturated heterocycles. The van der Waals surface area contributed by atoms with Gasteiger partial charge in [-0.1, -0.05) is 39.0 Å². The highest BCUT2D eigenvalue weighted by molar-refractivity contribution is 6.03. The third-order valence-electron chi connectivity index (χ3n) is 6.11. The van der Waals surface area contributed by atoms with Crippen LogP contribution in [0.2, 0.25) is 0 Å². The number of rotatable bonds is 4. The molecule has 0 radical (unpaired) electrons. The van der Waals surface area contributed by atoms with E-state index in [-0.39, 0.29) is 34.4 Å². The summed E-state index contributed by atoms with van der Waals surface area (Å²) in [7, 11) is 0. The van der Waals surface area contributed by atoms with Gasteiger partial charge in [0.05, 0.1) is 10.6 Å². The summed E-state index contributed by atoms with van der Waals surface area (Å²) in [4.78, 5) is 46.7. The number of nitro benzene ring substituents is 1. The zero-order chi connectivity index (χ0) is 25.3. The molecule has 35 heavy (non-hydrogen) atoms. The lowest BCUT2D eigenvalue weighted by atomic mass is 9.87. The number of fused-ring (bicyclic) bond motifs is 1. The van der Waals surface area contributed by atoms with E-state index in [0.29, 0.717) is 30.6 Å². The Morgan fingerprint density at radius 3 is 2.43 bits per heavy atom. The summed E-state index contributed by atoms with van der Waals surface area (Å²) in [5.74, 6) is -0.364. The maximum Gasteiger partial charge on any atom is 0.273 e. The number of aryl methyl sites for hydroxylation is 1. The topological polar surface area (TPSA) is 118 Å². The van der Waals surface area contributed by atoms with Crippen LogP contribution in [-0.4, -0.2) is 38.2 Å². The Labute approximate surface area is 203 Å². The van der Waals surface area contributed by atoms with Crippen molar-refractivity contribution in [2.75, 3.05) is 11.9 Å². The van der Waals surface area contributed by atoms with Crippen LogP contribution >= 0.6 is 0 Å². The summed E-state index contributed by atoms with van der Waals surface area (Å²) >= 11 is 0. The van der Waals surface area contributed by atoms with E-state index in [4.69, 9.17) is 0 Å². The molecule has 3 aromatic rings. The largest absolute Gasteiger partial charge is 0.334 e. The van der Waals surface area contributed by atoms with E-state index < -0.39 is 4.92 Å². The number of hydrogen-bond donors (Lipinski definition) is 1. The van der Waals surface area contributed by atoms with Gasteiger partial charge in [-0.3, -0.25) is 25.0 Å². The van der Waals surface area contributed by atoms with Crippen molar-refractivity contribution in [3.05, 3.63) is 92.3 Å². The van der Waals surface area contributed by atoms with Gasteiger partial charge in [-0.05, 0) is 36.1 Å². The summed E-state index contributed by atoms with van der Waals surface area (Å²) < 4.78 is 0. The Bertz CT molecular complexity index is 1310. The molecule has 0 unspecified atom stereocenters. The molecule has 4 rings (SSSR count). The highest BCUT2D eigenvalue weighted by Gasteiger charge is 2.25. The zero-order valence-electron chi connectivity index (χ0n) is 20.2. The fourth-order valence-corrected chi connectivity index (χ4v) is 3.97. The minimum absolute atomic E-state index is 0.0000482. The molecule has 0 spiro atoms. The van der Waals surface area contributed by atoms with Crippen LogP contribution < -0.4 is 5.32 Å². The monoisotopic (exact) mass is 473 g/mol. The average Bonchev–Trinajstić information content (AvgIpc) is 2.83. The number of nitrogens with zero attached hydrogens (tertiary/aromatic N) is 4. The molecule has 9 nitrogen and oxygen atoms in total. The number of nitro groups is 1. The Kier molecular flexibility index (Phi) is 6.34. The van der Waals surface area contributed by atoms with E-state index in [1.165, 1.54) is 6.07 Å². The molecule has 0 aliphatic carbocycles. The normalized spacial score (nSPS) is 13.2. The molecule has 0 atom stereocenters. The molecule has 0 bridgehead atoms. The van der Waals surface area contributed by atoms with Crippen LogP contribution in [0.1, 0.15) is 63.9 Å². The molecule has 1 aliphatic heterocycles. The van der Waals surface area contributed by atoms with Gasteiger partial charge in [0.15, 0.2) is 0 Å². The average molecular weight is 474 g/mol. The maximum absolute atomic E-state index is 13.0. The van der Waals surface area contributed by atoms with Crippen LogP contribution in [-0.2, 0) is 18.4 Å². The summed E-state index contributed by atoms with van der Waals surface area (Å²) in [6.07, 6.45) is 2.10. The van der Waals surface area contributed by atoms with Crippen LogP contribution in [0.5, 0.6) is 0 Å². The fraction of sp³-hybridized carbons (Fsp3) is 0.308. The van der Waals surface area contributed by atoms with Gasteiger partial charge in [-0.25, -0.2) is 9.97 Å². The van der Waals surface area contributed by atoms with Gasteiger partial charge in [-0.15, -0.1) is 0 Å². The Balaban J connectivity index is 1.45. The predicted molar refractivity (Wildman–Crippen MR) is 131 cm³/mol. The van der Waals surface area contributed by atoms with Crippen molar-refractivity contribution >= 4 is 23.5 Å². The Hall–Kier alpha value is -4.14. The third kappa shape index (κ3) is 5.18. The number of benzene rings is 2. The highest BCUT2D eigenvalue weighted by atomic mass is 16.6. The molecule has 180 valence electrons. The standard InChI is InChI=1S/C26H27N5O4/c1-16-5-6-18(13-22(16)31(34)35)24(33)30-12-11-21-19(15-30)14-27-25(28-21)29-23(32)17-7-9-20(10-8-17)26(2,3)4/h5-10,13-14H,11-12,15H2,1-4H3,(H,27,28,29,32). The zero-order valence-corrected chi connectivity index (χ0v) is 20.2. The first kappa shape index (κ1) is 24.0. The van der Waals surface area contributed by atoms with Crippen LogP contribution in [0.25, 0.3) is 0 Å². The second kappa shape index (κ2) is 9.25. The lowest BCUT2D eigenvalue weighted by Crippen LogP contribution is -2.36. The van der Waals surface area contributed by atoms with Crippen molar-refractivity contribution < 1.29 is 14.5 Å². The molecule has 1 N–H and O–H groups in total. The van der Waals surface area contributed by atoms with Crippen LogP contribution in [0.3, 0.4) is 0 Å². The number of carbonyl (C=O) groups is 2. The summed E-state index contributed by atoms with van der Waals surface area (Å²) in [5.41, 5.74) is 3.89. The molecule has 2 aromatic carbocycles. The van der Waals surface area contributed by atoms with Gasteiger partial charge < -0.3 is 4.90 Å². The van der Waals surface area contributed by atoms with Crippen molar-refractivity contribution in [2.45, 2.75) is 46.1 Å². The van der Waals surface area contributed by atoms with E-state index in [1.807, 2.05) is 12.1 Å². The van der Waals surface area contributed by atoms with Gasteiger partial charge in [0.1, 0.15) is 0 Å². The minimum atomic E-state index is -0.486. The predicted octanol–water partition coefficient (Wildman–Crippen LogP) is 4.44. The number of hydrogen-bond acceptors (Lipinski definition) is 6. The maximum atomic E-state index is 13.0. The molecule has 1 aliphatic rings. The van der Waals surface area contributed by atoms with E-state index in [9.17, 15) is 19.7 Å². The molecular weight excluding hydrogens is 446 g/mol. The minimum Gasteiger partial charge on any atom is -0.334 e. The van der Waals surface area contributed by atoms with E-state index in [0.717, 1.165) is 16.8 Å². The van der Waals surface area contributed by atoms with Crippen molar-refractivity contribution in [3.8, 4) is 0 Å². The summed E-state index contributed by atoms with van der Waals surface area (Å²) in [6.45, 7) is 8.68. The van der Waals surface area contributed by atoms with Crippen LogP contribution in [0.4, 0.5) is 11.6 Å². The van der Waals surface area contributed by atoms with Gasteiger partial charge in [0.2, 0.25) is 5.95 Å². The number of anilines is 1. The molecule has 0 fully saturated rings. The first-order valence-electron chi connectivity index (χ1n) is 11.3. The first-order chi connectivity index (χ1) is 16.5. The van der Waals surface area contributed by atoms with Crippen molar-refractivity contribution in [1.29, 1.82) is 0 Å². The van der Waals surface area contributed by atoms with Gasteiger partial charge in [0.25, 0.3) is 17.5 Å². The lowest BCUT2D eigenvalue weighted by Gasteiger charge is -2.28. The molecule has 0 saturated carbocycles. The van der Waals surface area contributed by atoms with Gasteiger partial charge in [0, 0.05) is 54.0 Å². The number of aromatic nitrogens is 2. The van der Waals surface area contributed by atoms with Gasteiger partial charge >= 0.3 is 0 Å². The smallest absolute Gasteiger partial charge is 0.273 e. The second-order valence-electron chi connectivity index (χ2n) is 9.68. The fourth-order valence-electron chi connectivity index (χ4n) is 3.97. The van der Waals surface area contributed by atoms with E-state index in [2.05, 4.69) is 36.1 Å². The molecule has 9 heteroatoms. The summed E-state index contributed by atoms with van der Waals surface area (Å²) in [5, 5.41) is 14.0.